The number of hydrogen-bond donors (Lipinski definition) is 0. The van der Waals surface area contributed by atoms with Crippen molar-refractivity contribution in [3.05, 3.63) is 41.3 Å². The molecule has 11 heavy (non-hydrogen) atoms. The predicted octanol–water partition coefficient (Wildman–Crippen LogP) is 2.68. The fraction of sp³-hybridized carbons (Fsp3) is 0.222. The summed E-state index contributed by atoms with van der Waals surface area (Å²) in [6.07, 6.45) is 1.98. The SMILES string of the molecule is Fc1cc(F)cc([C]2CC2)c1. The van der Waals surface area contributed by atoms with E-state index >= 15 is 0 Å². The minimum absolute atomic E-state index is 0.487. The summed E-state index contributed by atoms with van der Waals surface area (Å²) in [4.78, 5) is 0. The van der Waals surface area contributed by atoms with Crippen molar-refractivity contribution in [2.75, 3.05) is 0 Å². The van der Waals surface area contributed by atoms with Gasteiger partial charge in [-0.3, -0.25) is 0 Å². The van der Waals surface area contributed by atoms with Gasteiger partial charge in [-0.1, -0.05) is 0 Å². The first-order valence-corrected chi connectivity index (χ1v) is 3.57. The molecule has 0 amide bonds. The van der Waals surface area contributed by atoms with E-state index in [1.807, 2.05) is 0 Å². The molecule has 2 heteroatoms. The Morgan fingerprint density at radius 1 is 0.909 bits per heavy atom. The van der Waals surface area contributed by atoms with Gasteiger partial charge in [0, 0.05) is 12.0 Å². The number of halogens is 2. The molecule has 0 aromatic heterocycles. The highest BCUT2D eigenvalue weighted by Gasteiger charge is 2.25. The maximum absolute atomic E-state index is 12.6. The van der Waals surface area contributed by atoms with E-state index in [2.05, 4.69) is 0 Å². The Labute approximate surface area is 63.9 Å². The molecule has 0 nitrogen and oxygen atoms in total. The van der Waals surface area contributed by atoms with Crippen LogP contribution in [0.15, 0.2) is 18.2 Å². The van der Waals surface area contributed by atoms with Crippen LogP contribution in [0.25, 0.3) is 0 Å². The molecule has 1 aliphatic rings. The highest BCUT2D eigenvalue weighted by atomic mass is 19.1. The molecule has 0 unspecified atom stereocenters. The molecule has 0 saturated heterocycles. The Morgan fingerprint density at radius 3 is 1.91 bits per heavy atom. The van der Waals surface area contributed by atoms with Crippen molar-refractivity contribution in [2.45, 2.75) is 12.8 Å². The molecule has 1 aliphatic carbocycles. The highest BCUT2D eigenvalue weighted by Crippen LogP contribution is 2.39. The van der Waals surface area contributed by atoms with Crippen molar-refractivity contribution in [1.82, 2.24) is 0 Å². The van der Waals surface area contributed by atoms with Gasteiger partial charge in [0.2, 0.25) is 0 Å². The van der Waals surface area contributed by atoms with Crippen molar-refractivity contribution in [2.24, 2.45) is 0 Å². The monoisotopic (exact) mass is 153 g/mol. The van der Waals surface area contributed by atoms with E-state index in [0.29, 0.717) is 0 Å². The van der Waals surface area contributed by atoms with E-state index in [4.69, 9.17) is 0 Å². The lowest BCUT2D eigenvalue weighted by molar-refractivity contribution is 0.581. The highest BCUT2D eigenvalue weighted by molar-refractivity contribution is 5.37. The summed E-state index contributed by atoms with van der Waals surface area (Å²) in [5.41, 5.74) is 0.725. The Bertz CT molecular complexity index is 257. The third kappa shape index (κ3) is 1.39. The lowest BCUT2D eigenvalue weighted by atomic mass is 10.1. The van der Waals surface area contributed by atoms with Crippen molar-refractivity contribution in [3.63, 3.8) is 0 Å². The zero-order valence-electron chi connectivity index (χ0n) is 5.90. The zero-order chi connectivity index (χ0) is 7.84. The van der Waals surface area contributed by atoms with Crippen molar-refractivity contribution >= 4 is 0 Å². The summed E-state index contributed by atoms with van der Waals surface area (Å²) < 4.78 is 25.1. The first-order chi connectivity index (χ1) is 5.25. The zero-order valence-corrected chi connectivity index (χ0v) is 5.90. The molecule has 2 rings (SSSR count). The maximum Gasteiger partial charge on any atom is 0.126 e. The molecule has 0 aliphatic heterocycles. The Morgan fingerprint density at radius 2 is 1.45 bits per heavy atom. The van der Waals surface area contributed by atoms with Gasteiger partial charge < -0.3 is 0 Å². The van der Waals surface area contributed by atoms with Crippen LogP contribution in [0, 0.1) is 17.6 Å². The Hall–Kier alpha value is -0.920. The van der Waals surface area contributed by atoms with E-state index in [0.717, 1.165) is 30.4 Å². The van der Waals surface area contributed by atoms with Crippen LogP contribution in [0.2, 0.25) is 0 Å². The van der Waals surface area contributed by atoms with Crippen molar-refractivity contribution in [1.29, 1.82) is 0 Å². The molecule has 1 fully saturated rings. The molecule has 0 heterocycles. The molecule has 0 atom stereocenters. The van der Waals surface area contributed by atoms with Gasteiger partial charge in [0.15, 0.2) is 0 Å². The third-order valence-corrected chi connectivity index (χ3v) is 1.77. The first-order valence-electron chi connectivity index (χ1n) is 3.57. The molecular formula is C9H7F2. The predicted molar refractivity (Wildman–Crippen MR) is 37.9 cm³/mol. The standard InChI is InChI=1S/C9H7F2/c10-8-3-7(6-1-2-6)4-9(11)5-8/h3-5H,1-2H2. The molecule has 1 aromatic rings. The van der Waals surface area contributed by atoms with Crippen LogP contribution in [0.5, 0.6) is 0 Å². The van der Waals surface area contributed by atoms with E-state index in [-0.39, 0.29) is 0 Å². The van der Waals surface area contributed by atoms with E-state index in [1.165, 1.54) is 12.1 Å². The average molecular weight is 153 g/mol. The van der Waals surface area contributed by atoms with Crippen LogP contribution >= 0.6 is 0 Å². The van der Waals surface area contributed by atoms with Crippen molar-refractivity contribution < 1.29 is 8.78 Å². The van der Waals surface area contributed by atoms with Gasteiger partial charge >= 0.3 is 0 Å². The average Bonchev–Trinajstić information content (AvgIpc) is 2.64. The van der Waals surface area contributed by atoms with Crippen LogP contribution in [0.1, 0.15) is 18.4 Å². The van der Waals surface area contributed by atoms with E-state index in [9.17, 15) is 8.78 Å². The van der Waals surface area contributed by atoms with Crippen molar-refractivity contribution in [3.8, 4) is 0 Å². The molecule has 1 saturated carbocycles. The van der Waals surface area contributed by atoms with Gasteiger partial charge in [-0.15, -0.1) is 0 Å². The normalized spacial score (nSPS) is 16.9. The Balaban J connectivity index is 2.39. The Kier molecular flexibility index (Phi) is 1.41. The number of rotatable bonds is 1. The topological polar surface area (TPSA) is 0 Å². The number of hydrogen-bond acceptors (Lipinski definition) is 0. The minimum Gasteiger partial charge on any atom is -0.207 e. The summed E-state index contributed by atoms with van der Waals surface area (Å²) in [5, 5.41) is 0. The third-order valence-electron chi connectivity index (χ3n) is 1.77. The van der Waals surface area contributed by atoms with Gasteiger partial charge in [0.1, 0.15) is 11.6 Å². The second-order valence-electron chi connectivity index (χ2n) is 2.76. The van der Waals surface area contributed by atoms with Crippen LogP contribution in [-0.2, 0) is 0 Å². The largest absolute Gasteiger partial charge is 0.207 e. The van der Waals surface area contributed by atoms with Gasteiger partial charge in [0.05, 0.1) is 0 Å². The summed E-state index contributed by atoms with van der Waals surface area (Å²) in [7, 11) is 0. The summed E-state index contributed by atoms with van der Waals surface area (Å²) in [6.45, 7) is 0. The van der Waals surface area contributed by atoms with Crippen LogP contribution in [0.3, 0.4) is 0 Å². The summed E-state index contributed by atoms with van der Waals surface area (Å²) >= 11 is 0. The molecule has 0 N–H and O–H groups in total. The molecule has 1 aromatic carbocycles. The smallest absolute Gasteiger partial charge is 0.126 e. The van der Waals surface area contributed by atoms with Gasteiger partial charge in [-0.05, 0) is 30.5 Å². The van der Waals surface area contributed by atoms with Gasteiger partial charge in [0.25, 0.3) is 0 Å². The first kappa shape index (κ1) is 6.77. The van der Waals surface area contributed by atoms with Crippen LogP contribution in [-0.4, -0.2) is 0 Å². The summed E-state index contributed by atoms with van der Waals surface area (Å²) in [5.74, 6) is 0.183. The van der Waals surface area contributed by atoms with Gasteiger partial charge in [-0.25, -0.2) is 8.78 Å². The lowest BCUT2D eigenvalue weighted by Gasteiger charge is -1.96. The van der Waals surface area contributed by atoms with Crippen LogP contribution in [0.4, 0.5) is 8.78 Å². The minimum atomic E-state index is -0.487. The fourth-order valence-corrected chi connectivity index (χ4v) is 1.11. The maximum atomic E-state index is 12.6. The molecule has 57 valence electrons. The molecule has 1 radical (unpaired) electrons. The van der Waals surface area contributed by atoms with Gasteiger partial charge in [-0.2, -0.15) is 0 Å². The second kappa shape index (κ2) is 2.29. The number of benzene rings is 1. The van der Waals surface area contributed by atoms with Crippen LogP contribution < -0.4 is 0 Å². The van der Waals surface area contributed by atoms with E-state index in [1.54, 1.807) is 0 Å². The van der Waals surface area contributed by atoms with E-state index < -0.39 is 11.6 Å². The molecule has 0 bridgehead atoms. The molecular weight excluding hydrogens is 146 g/mol. The second-order valence-corrected chi connectivity index (χ2v) is 2.76. The fourth-order valence-electron chi connectivity index (χ4n) is 1.11. The summed E-state index contributed by atoms with van der Waals surface area (Å²) in [6, 6.07) is 3.66. The molecule has 0 spiro atoms. The lowest BCUT2D eigenvalue weighted by Crippen LogP contribution is -1.85. The quantitative estimate of drug-likeness (QED) is 0.581.